The number of nitrogens with zero attached hydrogens (tertiary/aromatic N) is 4. The van der Waals surface area contributed by atoms with Gasteiger partial charge in [0, 0.05) is 22.8 Å². The number of nitrogens with one attached hydrogen (secondary N) is 1. The molecule has 0 saturated heterocycles. The van der Waals surface area contributed by atoms with Crippen LogP contribution in [0.4, 0.5) is 0 Å². The summed E-state index contributed by atoms with van der Waals surface area (Å²) < 4.78 is 2.84. The van der Waals surface area contributed by atoms with Gasteiger partial charge in [0.2, 0.25) is 0 Å². The van der Waals surface area contributed by atoms with Crippen molar-refractivity contribution in [2.75, 3.05) is 0 Å². The molecule has 138 valence electrons. The van der Waals surface area contributed by atoms with Crippen LogP contribution in [0, 0.1) is 0 Å². The molecular formula is C19H18BrN5OS. The fourth-order valence-electron chi connectivity index (χ4n) is 2.28. The lowest BCUT2D eigenvalue weighted by Gasteiger charge is -2.05. The number of hydrogen-bond acceptors (Lipinski definition) is 5. The molecule has 0 saturated carbocycles. The van der Waals surface area contributed by atoms with E-state index < -0.39 is 0 Å². The fourth-order valence-corrected chi connectivity index (χ4v) is 3.52. The van der Waals surface area contributed by atoms with Gasteiger partial charge in [0.25, 0.3) is 5.91 Å². The van der Waals surface area contributed by atoms with E-state index >= 15 is 0 Å². The van der Waals surface area contributed by atoms with Gasteiger partial charge in [-0.2, -0.15) is 5.10 Å². The van der Waals surface area contributed by atoms with Crippen molar-refractivity contribution >= 4 is 39.3 Å². The third-order valence-electron chi connectivity index (χ3n) is 3.82. The van der Waals surface area contributed by atoms with Crippen molar-refractivity contribution in [3.05, 3.63) is 76.0 Å². The van der Waals surface area contributed by atoms with E-state index in [9.17, 15) is 4.79 Å². The summed E-state index contributed by atoms with van der Waals surface area (Å²) in [5.74, 6) is 0.519. The molecule has 0 aliphatic heterocycles. The molecule has 0 radical (unpaired) electrons. The third-order valence-corrected chi connectivity index (χ3v) is 5.42. The smallest absolute Gasteiger partial charge is 0.271 e. The first kappa shape index (κ1) is 19.3. The van der Waals surface area contributed by atoms with Crippen LogP contribution in [-0.2, 0) is 12.8 Å². The Kier molecular flexibility index (Phi) is 6.41. The summed E-state index contributed by atoms with van der Waals surface area (Å²) >= 11 is 5.03. The number of aryl methyl sites for hydroxylation is 1. The average Bonchev–Trinajstić information content (AvgIpc) is 3.09. The second kappa shape index (κ2) is 8.96. The SMILES string of the molecule is C/C(=N\NC(=O)c1ccc(CSc2nncn2C)cc1)c1cccc(Br)c1. The van der Waals surface area contributed by atoms with Crippen LogP contribution in [-0.4, -0.2) is 26.4 Å². The summed E-state index contributed by atoms with van der Waals surface area (Å²) in [6, 6.07) is 15.2. The number of carbonyl (C=O) groups excluding carboxylic acids is 1. The zero-order valence-corrected chi connectivity index (χ0v) is 17.3. The lowest BCUT2D eigenvalue weighted by Crippen LogP contribution is -2.19. The van der Waals surface area contributed by atoms with Crippen LogP contribution >= 0.6 is 27.7 Å². The van der Waals surface area contributed by atoms with E-state index in [2.05, 4.69) is 36.7 Å². The molecular weight excluding hydrogens is 426 g/mol. The summed E-state index contributed by atoms with van der Waals surface area (Å²) in [5, 5.41) is 12.9. The highest BCUT2D eigenvalue weighted by atomic mass is 79.9. The first-order valence-corrected chi connectivity index (χ1v) is 9.97. The average molecular weight is 444 g/mol. The largest absolute Gasteiger partial charge is 0.312 e. The first-order valence-electron chi connectivity index (χ1n) is 8.19. The third kappa shape index (κ3) is 5.27. The predicted molar refractivity (Wildman–Crippen MR) is 111 cm³/mol. The Morgan fingerprint density at radius 3 is 2.67 bits per heavy atom. The molecule has 3 rings (SSSR count). The lowest BCUT2D eigenvalue weighted by atomic mass is 10.1. The molecule has 0 unspecified atom stereocenters. The number of aromatic nitrogens is 3. The number of carbonyl (C=O) groups is 1. The summed E-state index contributed by atoms with van der Waals surface area (Å²) in [6.07, 6.45) is 1.67. The number of amides is 1. The van der Waals surface area contributed by atoms with Crippen molar-refractivity contribution in [1.82, 2.24) is 20.2 Å². The van der Waals surface area contributed by atoms with Crippen LogP contribution in [0.15, 0.2) is 69.6 Å². The van der Waals surface area contributed by atoms with Gasteiger partial charge in [0.05, 0.1) is 5.71 Å². The molecule has 0 fully saturated rings. The van der Waals surface area contributed by atoms with Crippen LogP contribution < -0.4 is 5.43 Å². The van der Waals surface area contributed by atoms with Gasteiger partial charge in [-0.05, 0) is 42.3 Å². The lowest BCUT2D eigenvalue weighted by molar-refractivity contribution is 0.0955. The van der Waals surface area contributed by atoms with Crippen LogP contribution in [0.25, 0.3) is 0 Å². The second-order valence-corrected chi connectivity index (χ2v) is 7.72. The topological polar surface area (TPSA) is 72.2 Å². The molecule has 1 heterocycles. The quantitative estimate of drug-likeness (QED) is 0.354. The van der Waals surface area contributed by atoms with Crippen molar-refractivity contribution in [1.29, 1.82) is 0 Å². The number of hydrazone groups is 1. The summed E-state index contributed by atoms with van der Waals surface area (Å²) in [4.78, 5) is 12.3. The molecule has 2 aromatic carbocycles. The minimum atomic E-state index is -0.239. The summed E-state index contributed by atoms with van der Waals surface area (Å²) in [6.45, 7) is 1.86. The van der Waals surface area contributed by atoms with E-state index in [-0.39, 0.29) is 5.91 Å². The minimum Gasteiger partial charge on any atom is -0.312 e. The van der Waals surface area contributed by atoms with Crippen LogP contribution in [0.1, 0.15) is 28.4 Å². The van der Waals surface area contributed by atoms with Gasteiger partial charge in [-0.3, -0.25) is 4.79 Å². The van der Waals surface area contributed by atoms with Gasteiger partial charge in [0.15, 0.2) is 5.16 Å². The van der Waals surface area contributed by atoms with E-state index in [1.165, 1.54) is 0 Å². The molecule has 27 heavy (non-hydrogen) atoms. The van der Waals surface area contributed by atoms with Gasteiger partial charge in [-0.1, -0.05) is 52.0 Å². The van der Waals surface area contributed by atoms with E-state index in [1.54, 1.807) is 30.2 Å². The van der Waals surface area contributed by atoms with Crippen molar-refractivity contribution in [2.24, 2.45) is 12.1 Å². The number of rotatable bonds is 6. The van der Waals surface area contributed by atoms with Crippen molar-refractivity contribution in [3.63, 3.8) is 0 Å². The molecule has 0 aliphatic rings. The number of benzene rings is 2. The Hall–Kier alpha value is -2.45. The van der Waals surface area contributed by atoms with Crippen LogP contribution in [0.2, 0.25) is 0 Å². The standard InChI is InChI=1S/C19H18BrN5OS/c1-13(16-4-3-5-17(20)10-16)22-23-18(26)15-8-6-14(7-9-15)11-27-19-24-21-12-25(19)2/h3-10,12H,11H2,1-2H3,(H,23,26)/b22-13+. The van der Waals surface area contributed by atoms with Crippen molar-refractivity contribution in [2.45, 2.75) is 17.8 Å². The highest BCUT2D eigenvalue weighted by Gasteiger charge is 2.07. The monoisotopic (exact) mass is 443 g/mol. The Morgan fingerprint density at radius 1 is 1.22 bits per heavy atom. The van der Waals surface area contributed by atoms with E-state index in [0.717, 1.165) is 32.2 Å². The summed E-state index contributed by atoms with van der Waals surface area (Å²) in [5.41, 5.74) is 5.96. The molecule has 0 aliphatic carbocycles. The Morgan fingerprint density at radius 2 is 2.00 bits per heavy atom. The molecule has 0 bridgehead atoms. The van der Waals surface area contributed by atoms with Gasteiger partial charge >= 0.3 is 0 Å². The zero-order chi connectivity index (χ0) is 19.2. The molecule has 3 aromatic rings. The van der Waals surface area contributed by atoms with Gasteiger partial charge < -0.3 is 4.57 Å². The molecule has 6 nitrogen and oxygen atoms in total. The Balaban J connectivity index is 1.58. The van der Waals surface area contributed by atoms with Gasteiger partial charge in [-0.25, -0.2) is 5.43 Å². The highest BCUT2D eigenvalue weighted by Crippen LogP contribution is 2.20. The molecule has 1 N–H and O–H groups in total. The molecule has 1 aromatic heterocycles. The number of hydrogen-bond donors (Lipinski definition) is 1. The molecule has 0 spiro atoms. The van der Waals surface area contributed by atoms with Crippen LogP contribution in [0.3, 0.4) is 0 Å². The second-order valence-electron chi connectivity index (χ2n) is 5.86. The van der Waals surface area contributed by atoms with E-state index in [4.69, 9.17) is 0 Å². The number of thioether (sulfide) groups is 1. The fraction of sp³-hybridized carbons (Fsp3) is 0.158. The highest BCUT2D eigenvalue weighted by molar-refractivity contribution is 9.10. The van der Waals surface area contributed by atoms with E-state index in [0.29, 0.717) is 5.56 Å². The number of halogens is 1. The summed E-state index contributed by atoms with van der Waals surface area (Å²) in [7, 11) is 1.91. The van der Waals surface area contributed by atoms with Gasteiger partial charge in [0.1, 0.15) is 6.33 Å². The Labute approximate surface area is 170 Å². The van der Waals surface area contributed by atoms with E-state index in [1.807, 2.05) is 54.9 Å². The minimum absolute atomic E-state index is 0.239. The zero-order valence-electron chi connectivity index (χ0n) is 14.9. The Bertz CT molecular complexity index is 968. The molecule has 8 heteroatoms. The van der Waals surface area contributed by atoms with Gasteiger partial charge in [-0.15, -0.1) is 10.2 Å². The molecule has 0 atom stereocenters. The van der Waals surface area contributed by atoms with Crippen molar-refractivity contribution < 1.29 is 4.79 Å². The predicted octanol–water partition coefficient (Wildman–Crippen LogP) is 4.02. The normalized spacial score (nSPS) is 11.4. The maximum absolute atomic E-state index is 12.3. The van der Waals surface area contributed by atoms with Crippen molar-refractivity contribution in [3.8, 4) is 0 Å². The van der Waals surface area contributed by atoms with Crippen LogP contribution in [0.5, 0.6) is 0 Å². The first-order chi connectivity index (χ1) is 13.0. The molecule has 1 amide bonds. The maximum atomic E-state index is 12.3. The maximum Gasteiger partial charge on any atom is 0.271 e.